The van der Waals surface area contributed by atoms with E-state index in [1.165, 1.54) is 11.1 Å². The van der Waals surface area contributed by atoms with E-state index in [-0.39, 0.29) is 0 Å². The van der Waals surface area contributed by atoms with Gasteiger partial charge in [0, 0.05) is 26.1 Å². The Morgan fingerprint density at radius 1 is 0.577 bits per heavy atom. The van der Waals surface area contributed by atoms with Crippen LogP contribution in [-0.4, -0.2) is 13.2 Å². The van der Waals surface area contributed by atoms with E-state index in [9.17, 15) is 0 Å². The molecule has 0 atom stereocenters. The zero-order valence-electron chi connectivity index (χ0n) is 15.2. The first-order valence-electron chi connectivity index (χ1n) is 9.14. The molecule has 2 aromatic carbocycles. The van der Waals surface area contributed by atoms with Gasteiger partial charge in [-0.1, -0.05) is 72.5 Å². The molecule has 0 saturated carbocycles. The Morgan fingerprint density at radius 2 is 1.00 bits per heavy atom. The number of rotatable bonds is 10. The van der Waals surface area contributed by atoms with E-state index in [0.717, 1.165) is 38.9 Å². The van der Waals surface area contributed by atoms with Gasteiger partial charge < -0.3 is 9.47 Å². The molecule has 0 unspecified atom stereocenters. The van der Waals surface area contributed by atoms with Crippen LogP contribution in [0.5, 0.6) is 0 Å². The molecule has 26 heavy (non-hydrogen) atoms. The second-order valence-electron chi connectivity index (χ2n) is 5.89. The number of hydrogen-bond donors (Lipinski definition) is 0. The molecule has 0 fully saturated rings. The van der Waals surface area contributed by atoms with Crippen molar-refractivity contribution in [2.24, 2.45) is 0 Å². The molecule has 0 aliphatic rings. The predicted octanol–water partition coefficient (Wildman–Crippen LogP) is 4.99. The zero-order chi connectivity index (χ0) is 18.1. The molecule has 0 saturated heterocycles. The van der Waals surface area contributed by atoms with Crippen molar-refractivity contribution in [2.75, 3.05) is 13.2 Å². The summed E-state index contributed by atoms with van der Waals surface area (Å²) in [5, 5.41) is 0. The lowest BCUT2D eigenvalue weighted by Crippen LogP contribution is -1.94. The molecule has 2 nitrogen and oxygen atoms in total. The van der Waals surface area contributed by atoms with Gasteiger partial charge in [-0.3, -0.25) is 0 Å². The van der Waals surface area contributed by atoms with Gasteiger partial charge in [0.25, 0.3) is 0 Å². The number of ether oxygens (including phenoxy) is 2. The van der Waals surface area contributed by atoms with Crippen molar-refractivity contribution in [1.82, 2.24) is 0 Å². The molecule has 2 aromatic rings. The summed E-state index contributed by atoms with van der Waals surface area (Å²) in [5.41, 5.74) is 2.41. The van der Waals surface area contributed by atoms with Crippen LogP contribution in [0.4, 0.5) is 0 Å². The van der Waals surface area contributed by atoms with Crippen LogP contribution in [0, 0.1) is 23.7 Å². The summed E-state index contributed by atoms with van der Waals surface area (Å²) in [7, 11) is 0. The van der Waals surface area contributed by atoms with Gasteiger partial charge in [-0.2, -0.15) is 0 Å². The van der Waals surface area contributed by atoms with Crippen molar-refractivity contribution in [3.05, 3.63) is 71.8 Å². The third-order valence-corrected chi connectivity index (χ3v) is 3.64. The predicted molar refractivity (Wildman–Crippen MR) is 106 cm³/mol. The average Bonchev–Trinajstić information content (AvgIpc) is 2.70. The van der Waals surface area contributed by atoms with Crippen LogP contribution in [0.25, 0.3) is 0 Å². The summed E-state index contributed by atoms with van der Waals surface area (Å²) in [6.45, 7) is 2.80. The SMILES string of the molecule is C(C#CCCCOCc1ccccc1)#CCCCOCc1ccccc1. The third-order valence-electron chi connectivity index (χ3n) is 3.64. The van der Waals surface area contributed by atoms with E-state index >= 15 is 0 Å². The van der Waals surface area contributed by atoms with E-state index in [2.05, 4.69) is 47.9 Å². The fourth-order valence-electron chi connectivity index (χ4n) is 2.27. The molecule has 0 aliphatic carbocycles. The summed E-state index contributed by atoms with van der Waals surface area (Å²) >= 11 is 0. The minimum atomic E-state index is 0.667. The molecule has 0 N–H and O–H groups in total. The third kappa shape index (κ3) is 9.70. The first-order valence-corrected chi connectivity index (χ1v) is 9.14. The Kier molecular flexibility index (Phi) is 10.5. The van der Waals surface area contributed by atoms with E-state index in [0.29, 0.717) is 13.2 Å². The van der Waals surface area contributed by atoms with Crippen LogP contribution in [0.15, 0.2) is 60.7 Å². The summed E-state index contributed by atoms with van der Waals surface area (Å²) in [6, 6.07) is 20.4. The van der Waals surface area contributed by atoms with Crippen LogP contribution in [-0.2, 0) is 22.7 Å². The molecule has 0 amide bonds. The molecule has 0 radical (unpaired) electrons. The highest BCUT2D eigenvalue weighted by molar-refractivity contribution is 5.25. The Bertz CT molecular complexity index is 649. The van der Waals surface area contributed by atoms with Gasteiger partial charge in [0.1, 0.15) is 0 Å². The maximum Gasteiger partial charge on any atom is 0.0716 e. The highest BCUT2D eigenvalue weighted by atomic mass is 16.5. The van der Waals surface area contributed by atoms with Gasteiger partial charge >= 0.3 is 0 Å². The van der Waals surface area contributed by atoms with Crippen LogP contribution < -0.4 is 0 Å². The molecule has 0 aliphatic heterocycles. The van der Waals surface area contributed by atoms with E-state index in [4.69, 9.17) is 9.47 Å². The van der Waals surface area contributed by atoms with Gasteiger partial charge in [-0.15, -0.1) is 0 Å². The minimum Gasteiger partial charge on any atom is -0.377 e. The highest BCUT2D eigenvalue weighted by Gasteiger charge is 1.92. The zero-order valence-corrected chi connectivity index (χ0v) is 15.2. The summed E-state index contributed by atoms with van der Waals surface area (Å²) in [6.07, 6.45) is 3.52. The normalized spacial score (nSPS) is 9.69. The minimum absolute atomic E-state index is 0.667. The molecular weight excluding hydrogens is 320 g/mol. The van der Waals surface area contributed by atoms with Gasteiger partial charge in [0.05, 0.1) is 13.2 Å². The molecule has 2 heteroatoms. The smallest absolute Gasteiger partial charge is 0.0716 e. The van der Waals surface area contributed by atoms with Crippen molar-refractivity contribution >= 4 is 0 Å². The second kappa shape index (κ2) is 13.7. The average molecular weight is 346 g/mol. The number of hydrogen-bond acceptors (Lipinski definition) is 2. The summed E-state index contributed by atoms with van der Waals surface area (Å²) in [4.78, 5) is 0. The number of unbranched alkanes of at least 4 members (excludes halogenated alkanes) is 2. The molecule has 0 aromatic heterocycles. The fourth-order valence-corrected chi connectivity index (χ4v) is 2.27. The van der Waals surface area contributed by atoms with Crippen molar-refractivity contribution < 1.29 is 9.47 Å². The maximum absolute atomic E-state index is 5.62. The van der Waals surface area contributed by atoms with Crippen molar-refractivity contribution in [3.63, 3.8) is 0 Å². The number of benzene rings is 2. The Morgan fingerprint density at radius 3 is 1.42 bits per heavy atom. The molecule has 0 spiro atoms. The standard InChI is InChI=1S/C24H26O2/c1(3-5-13-19-25-21-23-15-9-7-10-16-23)2-4-6-14-20-26-22-24-17-11-8-12-18-24/h7-12,15-18H,5-6,13-14,19-22H2. The van der Waals surface area contributed by atoms with Crippen LogP contribution in [0.2, 0.25) is 0 Å². The fraction of sp³-hybridized carbons (Fsp3) is 0.333. The Hall–Kier alpha value is -2.52. The van der Waals surface area contributed by atoms with E-state index < -0.39 is 0 Å². The molecule has 2 rings (SSSR count). The molecule has 134 valence electrons. The lowest BCUT2D eigenvalue weighted by molar-refractivity contribution is 0.119. The Labute approximate surface area is 157 Å². The lowest BCUT2D eigenvalue weighted by Gasteiger charge is -2.02. The van der Waals surface area contributed by atoms with Gasteiger partial charge in [0.15, 0.2) is 0 Å². The van der Waals surface area contributed by atoms with Crippen LogP contribution in [0.1, 0.15) is 36.8 Å². The first kappa shape index (κ1) is 19.8. The Balaban J connectivity index is 1.41. The van der Waals surface area contributed by atoms with E-state index in [1.54, 1.807) is 0 Å². The topological polar surface area (TPSA) is 18.5 Å². The van der Waals surface area contributed by atoms with Gasteiger partial charge in [-0.25, -0.2) is 0 Å². The maximum atomic E-state index is 5.62. The van der Waals surface area contributed by atoms with Crippen molar-refractivity contribution in [3.8, 4) is 23.7 Å². The lowest BCUT2D eigenvalue weighted by atomic mass is 10.2. The van der Waals surface area contributed by atoms with Crippen LogP contribution in [0.3, 0.4) is 0 Å². The quantitative estimate of drug-likeness (QED) is 0.446. The first-order chi connectivity index (χ1) is 12.9. The monoisotopic (exact) mass is 346 g/mol. The summed E-state index contributed by atoms with van der Waals surface area (Å²) in [5.74, 6) is 12.0. The second-order valence-corrected chi connectivity index (χ2v) is 5.89. The largest absolute Gasteiger partial charge is 0.377 e. The van der Waals surface area contributed by atoms with Gasteiger partial charge in [-0.05, 0) is 35.8 Å². The molecule has 0 heterocycles. The van der Waals surface area contributed by atoms with Crippen molar-refractivity contribution in [2.45, 2.75) is 38.9 Å². The molecule has 0 bridgehead atoms. The van der Waals surface area contributed by atoms with E-state index in [1.807, 2.05) is 36.4 Å². The van der Waals surface area contributed by atoms with Crippen molar-refractivity contribution in [1.29, 1.82) is 0 Å². The highest BCUT2D eigenvalue weighted by Crippen LogP contribution is 2.02. The van der Waals surface area contributed by atoms with Gasteiger partial charge in [0.2, 0.25) is 0 Å². The molecular formula is C24H26O2. The van der Waals surface area contributed by atoms with Crippen LogP contribution >= 0.6 is 0 Å². The summed E-state index contributed by atoms with van der Waals surface area (Å²) < 4.78 is 11.2.